The summed E-state index contributed by atoms with van der Waals surface area (Å²) >= 11 is 1.62. The van der Waals surface area contributed by atoms with E-state index in [2.05, 4.69) is 62.6 Å². The van der Waals surface area contributed by atoms with Crippen LogP contribution in [0.1, 0.15) is 27.2 Å². The number of hydrogen-bond donors (Lipinski definition) is 1. The molecule has 1 saturated heterocycles. The van der Waals surface area contributed by atoms with Gasteiger partial charge in [-0.2, -0.15) is 0 Å². The molecule has 8 heteroatoms. The summed E-state index contributed by atoms with van der Waals surface area (Å²) < 4.78 is 4.97. The maximum atomic E-state index is 12.2. The monoisotopic (exact) mass is 517 g/mol. The van der Waals surface area contributed by atoms with Gasteiger partial charge < -0.3 is 15.0 Å². The standard InChI is InChI=1S/C29H35N5O2S/c1-23-21-27(34-18-16-33(17-19-34)15-6-9-24-7-4-3-5-8-24)32-29(31-23)37-22-25-10-12-26(13-11-25)28(35)30-14-20-36-2/h3-13,21H,14-20,22H2,1-2H3,(H,30,35)/b9-6+. The van der Waals surface area contributed by atoms with E-state index in [9.17, 15) is 4.79 Å². The van der Waals surface area contributed by atoms with Crippen LogP contribution in [0.5, 0.6) is 0 Å². The van der Waals surface area contributed by atoms with E-state index in [1.165, 1.54) is 5.56 Å². The largest absolute Gasteiger partial charge is 0.383 e. The number of carbonyl (C=O) groups is 1. The Balaban J connectivity index is 1.26. The van der Waals surface area contributed by atoms with Crippen molar-refractivity contribution in [3.8, 4) is 0 Å². The molecule has 2 aromatic carbocycles. The fourth-order valence-electron chi connectivity index (χ4n) is 4.08. The van der Waals surface area contributed by atoms with E-state index in [0.29, 0.717) is 18.7 Å². The van der Waals surface area contributed by atoms with Crippen molar-refractivity contribution in [2.45, 2.75) is 17.8 Å². The van der Waals surface area contributed by atoms with Crippen LogP contribution in [0.25, 0.3) is 6.08 Å². The van der Waals surface area contributed by atoms with Gasteiger partial charge in [-0.05, 0) is 30.2 Å². The topological polar surface area (TPSA) is 70.6 Å². The van der Waals surface area contributed by atoms with Gasteiger partial charge in [-0.25, -0.2) is 9.97 Å². The van der Waals surface area contributed by atoms with Crippen LogP contribution in [0, 0.1) is 6.92 Å². The number of hydrogen-bond acceptors (Lipinski definition) is 7. The second kappa shape index (κ2) is 13.9. The van der Waals surface area contributed by atoms with Gasteiger partial charge in [-0.15, -0.1) is 0 Å². The minimum Gasteiger partial charge on any atom is -0.383 e. The first-order chi connectivity index (χ1) is 18.1. The molecule has 1 fully saturated rings. The van der Waals surface area contributed by atoms with Gasteiger partial charge in [0.1, 0.15) is 5.82 Å². The zero-order chi connectivity index (χ0) is 25.9. The molecule has 194 valence electrons. The first kappa shape index (κ1) is 26.9. The molecule has 0 radical (unpaired) electrons. The third-order valence-electron chi connectivity index (χ3n) is 6.17. The summed E-state index contributed by atoms with van der Waals surface area (Å²) in [5, 5.41) is 3.62. The molecule has 1 aliphatic rings. The minimum absolute atomic E-state index is 0.0878. The summed E-state index contributed by atoms with van der Waals surface area (Å²) in [5.41, 5.74) is 3.99. The molecule has 0 aliphatic carbocycles. The number of nitrogens with zero attached hydrogens (tertiary/aromatic N) is 4. The average Bonchev–Trinajstić information content (AvgIpc) is 2.93. The van der Waals surface area contributed by atoms with Crippen LogP contribution >= 0.6 is 11.8 Å². The summed E-state index contributed by atoms with van der Waals surface area (Å²) in [6.07, 6.45) is 4.43. The molecular weight excluding hydrogens is 482 g/mol. The fraction of sp³-hybridized carbons (Fsp3) is 0.345. The van der Waals surface area contributed by atoms with Gasteiger partial charge in [0.05, 0.1) is 6.61 Å². The Bertz CT molecular complexity index is 1160. The lowest BCUT2D eigenvalue weighted by molar-refractivity contribution is 0.0937. The van der Waals surface area contributed by atoms with Gasteiger partial charge in [0.25, 0.3) is 5.91 Å². The second-order valence-electron chi connectivity index (χ2n) is 8.99. The molecule has 4 rings (SSSR count). The summed E-state index contributed by atoms with van der Waals surface area (Å²) in [5.74, 6) is 1.66. The number of aromatic nitrogens is 2. The van der Waals surface area contributed by atoms with Crippen LogP contribution in [-0.2, 0) is 10.5 Å². The predicted molar refractivity (Wildman–Crippen MR) is 151 cm³/mol. The van der Waals surface area contributed by atoms with Crippen LogP contribution < -0.4 is 10.2 Å². The molecule has 3 aromatic rings. The molecule has 7 nitrogen and oxygen atoms in total. The van der Waals surface area contributed by atoms with Crippen LogP contribution in [0.15, 0.2) is 71.9 Å². The molecule has 0 saturated carbocycles. The molecule has 2 heterocycles. The summed E-state index contributed by atoms with van der Waals surface area (Å²) in [6, 6.07) is 20.2. The highest BCUT2D eigenvalue weighted by Crippen LogP contribution is 2.24. The zero-order valence-electron chi connectivity index (χ0n) is 21.6. The normalized spacial score (nSPS) is 14.3. The number of piperazine rings is 1. The highest BCUT2D eigenvalue weighted by atomic mass is 32.2. The first-order valence-electron chi connectivity index (χ1n) is 12.6. The minimum atomic E-state index is -0.0878. The van der Waals surface area contributed by atoms with Gasteiger partial charge in [-0.1, -0.05) is 66.4 Å². The molecule has 0 spiro atoms. The Kier molecular flexibility index (Phi) is 10.1. The molecule has 1 N–H and O–H groups in total. The van der Waals surface area contributed by atoms with E-state index in [0.717, 1.165) is 60.7 Å². The second-order valence-corrected chi connectivity index (χ2v) is 9.93. The van der Waals surface area contributed by atoms with Crippen molar-refractivity contribution in [3.63, 3.8) is 0 Å². The van der Waals surface area contributed by atoms with Crippen molar-refractivity contribution in [1.82, 2.24) is 20.2 Å². The lowest BCUT2D eigenvalue weighted by atomic mass is 10.1. The summed E-state index contributed by atoms with van der Waals surface area (Å²) in [6.45, 7) is 7.91. The smallest absolute Gasteiger partial charge is 0.251 e. The third-order valence-corrected chi connectivity index (χ3v) is 7.08. The molecule has 0 bridgehead atoms. The van der Waals surface area contributed by atoms with Crippen LogP contribution in [0.3, 0.4) is 0 Å². The number of carbonyl (C=O) groups excluding carboxylic acids is 1. The maximum absolute atomic E-state index is 12.2. The lowest BCUT2D eigenvalue weighted by Crippen LogP contribution is -2.46. The molecule has 1 aromatic heterocycles. The van der Waals surface area contributed by atoms with E-state index in [4.69, 9.17) is 9.72 Å². The quantitative estimate of drug-likeness (QED) is 0.231. The van der Waals surface area contributed by atoms with Crippen molar-refractivity contribution in [2.24, 2.45) is 0 Å². The Morgan fingerprint density at radius 1 is 1.05 bits per heavy atom. The Hall–Kier alpha value is -3.20. The fourth-order valence-corrected chi connectivity index (χ4v) is 4.94. The average molecular weight is 518 g/mol. The first-order valence-corrected chi connectivity index (χ1v) is 13.6. The highest BCUT2D eigenvalue weighted by Gasteiger charge is 2.18. The van der Waals surface area contributed by atoms with E-state index in [1.807, 2.05) is 37.3 Å². The van der Waals surface area contributed by atoms with Crippen molar-refractivity contribution in [3.05, 3.63) is 89.1 Å². The summed E-state index contributed by atoms with van der Waals surface area (Å²) in [7, 11) is 1.62. The number of ether oxygens (including phenoxy) is 1. The number of aryl methyl sites for hydroxylation is 1. The van der Waals surface area contributed by atoms with Crippen molar-refractivity contribution in [1.29, 1.82) is 0 Å². The number of nitrogens with one attached hydrogen (secondary N) is 1. The number of methoxy groups -OCH3 is 1. The van der Waals surface area contributed by atoms with Gasteiger partial charge in [0.2, 0.25) is 0 Å². The number of thioether (sulfide) groups is 1. The van der Waals surface area contributed by atoms with Crippen molar-refractivity contribution < 1.29 is 9.53 Å². The SMILES string of the molecule is COCCNC(=O)c1ccc(CSc2nc(C)cc(N3CCN(C/C=C/c4ccccc4)CC3)n2)cc1. The Labute approximate surface area is 224 Å². The molecule has 1 amide bonds. The van der Waals surface area contributed by atoms with Gasteiger partial charge in [0, 0.05) is 69.5 Å². The molecular formula is C29H35N5O2S. The highest BCUT2D eigenvalue weighted by molar-refractivity contribution is 7.98. The number of rotatable bonds is 11. The lowest BCUT2D eigenvalue weighted by Gasteiger charge is -2.35. The molecule has 1 aliphatic heterocycles. The number of benzene rings is 2. The maximum Gasteiger partial charge on any atom is 0.251 e. The molecule has 0 unspecified atom stereocenters. The zero-order valence-corrected chi connectivity index (χ0v) is 22.4. The Morgan fingerprint density at radius 3 is 2.54 bits per heavy atom. The van der Waals surface area contributed by atoms with Crippen molar-refractivity contribution in [2.75, 3.05) is 57.9 Å². The van der Waals surface area contributed by atoms with Crippen LogP contribution in [0.4, 0.5) is 5.82 Å². The Morgan fingerprint density at radius 2 is 1.81 bits per heavy atom. The van der Waals surface area contributed by atoms with Crippen molar-refractivity contribution >= 4 is 29.6 Å². The number of anilines is 1. The summed E-state index contributed by atoms with van der Waals surface area (Å²) in [4.78, 5) is 26.5. The van der Waals surface area contributed by atoms with E-state index >= 15 is 0 Å². The van der Waals surface area contributed by atoms with Crippen LogP contribution in [-0.4, -0.2) is 73.8 Å². The predicted octanol–water partition coefficient (Wildman–Crippen LogP) is 4.29. The van der Waals surface area contributed by atoms with E-state index in [1.54, 1.807) is 18.9 Å². The third kappa shape index (κ3) is 8.42. The van der Waals surface area contributed by atoms with Crippen LogP contribution in [0.2, 0.25) is 0 Å². The van der Waals surface area contributed by atoms with Gasteiger partial charge >= 0.3 is 0 Å². The van der Waals surface area contributed by atoms with E-state index in [-0.39, 0.29) is 5.91 Å². The van der Waals surface area contributed by atoms with Gasteiger partial charge in [0.15, 0.2) is 5.16 Å². The van der Waals surface area contributed by atoms with E-state index < -0.39 is 0 Å². The van der Waals surface area contributed by atoms with Gasteiger partial charge in [-0.3, -0.25) is 9.69 Å². The number of amides is 1. The molecule has 0 atom stereocenters. The molecule has 37 heavy (non-hydrogen) atoms.